The van der Waals surface area contributed by atoms with E-state index in [4.69, 9.17) is 8.92 Å². The van der Waals surface area contributed by atoms with E-state index in [0.29, 0.717) is 0 Å². The first kappa shape index (κ1) is 16.3. The Balaban J connectivity index is 1.76. The van der Waals surface area contributed by atoms with E-state index >= 15 is 0 Å². The van der Waals surface area contributed by atoms with Crippen molar-refractivity contribution in [2.75, 3.05) is 0 Å². The Bertz CT molecular complexity index is 596. The summed E-state index contributed by atoms with van der Waals surface area (Å²) < 4.78 is 68.5. The lowest BCUT2D eigenvalue weighted by Gasteiger charge is -2.30. The molecule has 0 spiro atoms. The van der Waals surface area contributed by atoms with Crippen molar-refractivity contribution in [2.24, 2.45) is 0 Å². The highest BCUT2D eigenvalue weighted by molar-refractivity contribution is 7.96. The molecule has 3 rings (SSSR count). The molecule has 0 saturated carbocycles. The number of carbonyl (C=O) groups excluding carboxylic acids is 1. The van der Waals surface area contributed by atoms with Gasteiger partial charge >= 0.3 is 11.2 Å². The predicted molar refractivity (Wildman–Crippen MR) is 60.1 cm³/mol. The highest BCUT2D eigenvalue weighted by Crippen LogP contribution is 2.54. The van der Waals surface area contributed by atoms with Gasteiger partial charge in [-0.25, -0.2) is 4.79 Å². The lowest BCUT2D eigenvalue weighted by atomic mass is 9.85. The van der Waals surface area contributed by atoms with Crippen molar-refractivity contribution in [1.29, 1.82) is 0 Å². The molecule has 3 aliphatic rings. The van der Waals surface area contributed by atoms with Crippen LogP contribution in [-0.4, -0.2) is 48.8 Å². The summed E-state index contributed by atoms with van der Waals surface area (Å²) in [7, 11) is -3.88. The zero-order chi connectivity index (χ0) is 16.3. The van der Waals surface area contributed by atoms with Gasteiger partial charge in [0, 0.05) is 6.42 Å². The normalized spacial score (nSPS) is 41.8. The molecule has 0 aliphatic carbocycles. The molecule has 9 nitrogen and oxygen atoms in total. The summed E-state index contributed by atoms with van der Waals surface area (Å²) in [5.41, 5.74) is -1.24. The second-order valence-corrected chi connectivity index (χ2v) is 7.85. The second-order valence-electron chi connectivity index (χ2n) is 5.25. The monoisotopic (exact) mass is 363 g/mol. The van der Waals surface area contributed by atoms with E-state index in [1.54, 1.807) is 0 Å². The summed E-state index contributed by atoms with van der Waals surface area (Å²) in [6.45, 7) is 1.45. The number of alkyl halides is 2. The summed E-state index contributed by atoms with van der Waals surface area (Å²) in [6.07, 6.45) is -3.39. The minimum absolute atomic E-state index is 0.0344. The number of halogens is 2. The van der Waals surface area contributed by atoms with Crippen molar-refractivity contribution < 1.29 is 50.3 Å². The fourth-order valence-corrected chi connectivity index (χ4v) is 4.96. The van der Waals surface area contributed by atoms with Crippen LogP contribution >= 0.6 is 12.0 Å². The van der Waals surface area contributed by atoms with E-state index in [1.807, 2.05) is 0 Å². The second kappa shape index (κ2) is 4.96. The molecule has 0 amide bonds. The van der Waals surface area contributed by atoms with Gasteiger partial charge in [-0.3, -0.25) is 9.22 Å². The van der Waals surface area contributed by atoms with E-state index in [0.717, 1.165) is 0 Å². The molecular formula is C9H9F2O9S2-. The van der Waals surface area contributed by atoms with Crippen molar-refractivity contribution in [3.63, 3.8) is 0 Å². The molecule has 3 fully saturated rings. The molecule has 5 atom stereocenters. The number of fused-ring (bicyclic) bond motifs is 1. The molecule has 3 aliphatic heterocycles. The van der Waals surface area contributed by atoms with Gasteiger partial charge in [-0.15, -0.1) is 0 Å². The van der Waals surface area contributed by atoms with Gasteiger partial charge < -0.3 is 14.7 Å². The molecule has 22 heavy (non-hydrogen) atoms. The van der Waals surface area contributed by atoms with Crippen LogP contribution in [0, 0.1) is 0 Å². The maximum Gasteiger partial charge on any atom is 0.415 e. The van der Waals surface area contributed by atoms with Crippen LogP contribution in [0.15, 0.2) is 0 Å². The number of esters is 1. The number of carbonyl (C=O) groups is 1. The SMILES string of the molecule is CC12CC3C(O1)C(OS3(=O)=O)C2OC(=O)C(F)(F)SOO[O-]. The third-order valence-corrected chi connectivity index (χ3v) is 6.02. The van der Waals surface area contributed by atoms with Crippen LogP contribution in [0.1, 0.15) is 13.3 Å². The quantitative estimate of drug-likeness (QED) is 0.198. The van der Waals surface area contributed by atoms with Gasteiger partial charge in [0.15, 0.2) is 6.10 Å². The summed E-state index contributed by atoms with van der Waals surface area (Å²) >= 11 is -0.834. The first-order chi connectivity index (χ1) is 10.1. The van der Waals surface area contributed by atoms with Crippen LogP contribution in [0.25, 0.3) is 0 Å². The molecule has 0 aromatic heterocycles. The maximum atomic E-state index is 13.4. The molecule has 2 bridgehead atoms. The number of hydrogen-bond donors (Lipinski definition) is 0. The van der Waals surface area contributed by atoms with Gasteiger partial charge in [0.1, 0.15) is 35.1 Å². The average Bonchev–Trinajstić information content (AvgIpc) is 2.95. The molecule has 0 aromatic carbocycles. The Kier molecular flexibility index (Phi) is 3.67. The van der Waals surface area contributed by atoms with E-state index in [-0.39, 0.29) is 6.42 Å². The highest BCUT2D eigenvalue weighted by atomic mass is 32.2. The molecule has 0 radical (unpaired) electrons. The van der Waals surface area contributed by atoms with Gasteiger partial charge in [-0.05, 0) is 6.92 Å². The fraction of sp³-hybridized carbons (Fsp3) is 0.889. The van der Waals surface area contributed by atoms with Gasteiger partial charge in [0.25, 0.3) is 10.1 Å². The Morgan fingerprint density at radius 1 is 1.45 bits per heavy atom. The maximum absolute atomic E-state index is 13.4. The Labute approximate surface area is 127 Å². The lowest BCUT2D eigenvalue weighted by molar-refractivity contribution is -0.777. The van der Waals surface area contributed by atoms with E-state index in [1.165, 1.54) is 6.92 Å². The van der Waals surface area contributed by atoms with Crippen molar-refractivity contribution in [3.05, 3.63) is 0 Å². The predicted octanol–water partition coefficient (Wildman–Crippen LogP) is -0.979. The zero-order valence-electron chi connectivity index (χ0n) is 10.8. The Morgan fingerprint density at radius 3 is 2.77 bits per heavy atom. The minimum Gasteiger partial charge on any atom is -0.691 e. The smallest absolute Gasteiger partial charge is 0.415 e. The van der Waals surface area contributed by atoms with Crippen LogP contribution < -0.4 is 5.26 Å². The standard InChI is InChI=1S/C9H10F2O9S2/c1-8-2-3-4(17-8)5(18-22(3,14)15)6(8)16-7(12)9(10,11)21-20-19-13/h3-6,13H,2H2,1H3/p-1. The topological polar surface area (TPSA) is 120 Å². The Morgan fingerprint density at radius 2 is 2.14 bits per heavy atom. The van der Waals surface area contributed by atoms with Crippen LogP contribution in [0.2, 0.25) is 0 Å². The Hall–Kier alpha value is -0.570. The molecule has 5 unspecified atom stereocenters. The molecule has 3 heterocycles. The summed E-state index contributed by atoms with van der Waals surface area (Å²) in [4.78, 5) is 11.5. The van der Waals surface area contributed by atoms with Crippen molar-refractivity contribution in [3.8, 4) is 0 Å². The first-order valence-corrected chi connectivity index (χ1v) is 8.15. The summed E-state index contributed by atoms with van der Waals surface area (Å²) in [5.74, 6) is -2.03. The van der Waals surface area contributed by atoms with Gasteiger partial charge in [-0.2, -0.15) is 21.5 Å². The molecule has 0 N–H and O–H groups in total. The van der Waals surface area contributed by atoms with Crippen molar-refractivity contribution in [2.45, 2.75) is 47.8 Å². The molecule has 13 heteroatoms. The first-order valence-electron chi connectivity index (χ1n) is 5.94. The number of ether oxygens (including phenoxy) is 2. The number of rotatable bonds is 5. The third kappa shape index (κ3) is 2.31. The summed E-state index contributed by atoms with van der Waals surface area (Å²) in [5, 5.41) is 7.16. The van der Waals surface area contributed by atoms with Crippen LogP contribution in [0.3, 0.4) is 0 Å². The molecule has 3 saturated heterocycles. The molecule has 0 aromatic rings. The van der Waals surface area contributed by atoms with Crippen molar-refractivity contribution in [1.82, 2.24) is 0 Å². The zero-order valence-corrected chi connectivity index (χ0v) is 12.4. The van der Waals surface area contributed by atoms with Gasteiger partial charge in [-0.1, -0.05) is 0 Å². The van der Waals surface area contributed by atoms with Crippen LogP contribution in [-0.2, 0) is 37.9 Å². The lowest BCUT2D eigenvalue weighted by Crippen LogP contribution is -2.49. The molecular weight excluding hydrogens is 354 g/mol. The van der Waals surface area contributed by atoms with Gasteiger partial charge in [0.05, 0.1) is 0 Å². The third-order valence-electron chi connectivity index (χ3n) is 3.86. The van der Waals surface area contributed by atoms with Crippen LogP contribution in [0.5, 0.6) is 0 Å². The van der Waals surface area contributed by atoms with E-state index in [2.05, 4.69) is 14.1 Å². The van der Waals surface area contributed by atoms with E-state index in [9.17, 15) is 27.3 Å². The molecule has 126 valence electrons. The largest absolute Gasteiger partial charge is 0.691 e. The fourth-order valence-electron chi connectivity index (χ4n) is 3.00. The summed E-state index contributed by atoms with van der Waals surface area (Å²) in [6, 6.07) is 0. The average molecular weight is 363 g/mol. The number of hydrogen-bond acceptors (Lipinski definition) is 10. The van der Waals surface area contributed by atoms with Crippen molar-refractivity contribution >= 4 is 28.1 Å². The van der Waals surface area contributed by atoms with Gasteiger partial charge in [0.2, 0.25) is 0 Å². The van der Waals surface area contributed by atoms with E-state index < -0.39 is 62.5 Å². The minimum atomic E-state index is -4.22. The van der Waals surface area contributed by atoms with Crippen LogP contribution in [0.4, 0.5) is 8.78 Å². The highest BCUT2D eigenvalue weighted by Gasteiger charge is 2.72.